The number of pyridine rings is 1. The van der Waals surface area contributed by atoms with Crippen molar-refractivity contribution >= 4 is 28.3 Å². The molecule has 3 aromatic heterocycles. The largest absolute Gasteiger partial charge is 0.285 e. The third-order valence-corrected chi connectivity index (χ3v) is 5.49. The summed E-state index contributed by atoms with van der Waals surface area (Å²) in [7, 11) is 0. The van der Waals surface area contributed by atoms with Gasteiger partial charge >= 0.3 is 0 Å². The third kappa shape index (κ3) is 3.33. The van der Waals surface area contributed by atoms with Crippen LogP contribution in [0.1, 0.15) is 31.1 Å². The summed E-state index contributed by atoms with van der Waals surface area (Å²) in [4.78, 5) is 34.6. The van der Waals surface area contributed by atoms with Crippen molar-refractivity contribution in [1.82, 2.24) is 18.9 Å². The molecule has 0 fully saturated rings. The van der Waals surface area contributed by atoms with Gasteiger partial charge in [0.15, 0.2) is 5.16 Å². The molecule has 142 valence electrons. The molecule has 6 nitrogen and oxygen atoms in total. The van der Waals surface area contributed by atoms with Crippen LogP contribution in [0.2, 0.25) is 0 Å². The standard InChI is InChI=1S/C21H20N4O2S/c1-13(2)25-20(27)16-6-4-5-7-17(16)23-21(25)28-12-15-10-19(26)24-11-14(3)8-9-18(24)22-15/h4-11,13H,12H2,1-3H3. The van der Waals surface area contributed by atoms with Gasteiger partial charge in [-0.1, -0.05) is 30.0 Å². The number of thioether (sulfide) groups is 1. The molecule has 0 unspecified atom stereocenters. The maximum Gasteiger partial charge on any atom is 0.262 e. The SMILES string of the molecule is Cc1ccc2nc(CSc3nc4ccccc4c(=O)n3C(C)C)cc(=O)n2c1. The van der Waals surface area contributed by atoms with Gasteiger partial charge in [0.1, 0.15) is 5.65 Å². The summed E-state index contributed by atoms with van der Waals surface area (Å²) in [5, 5.41) is 1.24. The number of hydrogen-bond donors (Lipinski definition) is 0. The number of aryl methyl sites for hydroxylation is 1. The molecular weight excluding hydrogens is 372 g/mol. The molecule has 0 radical (unpaired) electrons. The molecule has 1 aromatic carbocycles. The lowest BCUT2D eigenvalue weighted by Gasteiger charge is -2.16. The van der Waals surface area contributed by atoms with E-state index in [0.717, 1.165) is 5.56 Å². The number of hydrogen-bond acceptors (Lipinski definition) is 5. The summed E-state index contributed by atoms with van der Waals surface area (Å²) in [6.07, 6.45) is 1.78. The van der Waals surface area contributed by atoms with E-state index in [0.29, 0.717) is 33.2 Å². The Labute approximate surface area is 165 Å². The lowest BCUT2D eigenvalue weighted by molar-refractivity contribution is 0.519. The summed E-state index contributed by atoms with van der Waals surface area (Å²) in [6, 6.07) is 12.6. The van der Waals surface area contributed by atoms with Gasteiger partial charge in [-0.2, -0.15) is 0 Å². The minimum absolute atomic E-state index is 0.0229. The number of rotatable bonds is 4. The van der Waals surface area contributed by atoms with Gasteiger partial charge in [0.2, 0.25) is 0 Å². The Hall–Kier alpha value is -2.93. The predicted molar refractivity (Wildman–Crippen MR) is 112 cm³/mol. The second kappa shape index (κ2) is 7.24. The highest BCUT2D eigenvalue weighted by Gasteiger charge is 2.14. The minimum atomic E-state index is -0.114. The van der Waals surface area contributed by atoms with E-state index in [1.165, 1.54) is 17.8 Å². The molecule has 0 N–H and O–H groups in total. The normalized spacial score (nSPS) is 11.6. The van der Waals surface area contributed by atoms with E-state index in [-0.39, 0.29) is 17.2 Å². The molecule has 0 aliphatic carbocycles. The Kier molecular flexibility index (Phi) is 4.77. The van der Waals surface area contributed by atoms with E-state index >= 15 is 0 Å². The van der Waals surface area contributed by atoms with Crippen LogP contribution in [0.5, 0.6) is 0 Å². The molecule has 7 heteroatoms. The van der Waals surface area contributed by atoms with Crippen LogP contribution in [-0.4, -0.2) is 18.9 Å². The van der Waals surface area contributed by atoms with Crippen molar-refractivity contribution < 1.29 is 0 Å². The molecule has 0 atom stereocenters. The topological polar surface area (TPSA) is 69.3 Å². The van der Waals surface area contributed by atoms with Crippen LogP contribution in [0.15, 0.2) is 63.4 Å². The van der Waals surface area contributed by atoms with E-state index in [4.69, 9.17) is 0 Å². The minimum Gasteiger partial charge on any atom is -0.285 e. The number of para-hydroxylation sites is 1. The monoisotopic (exact) mass is 392 g/mol. The molecule has 0 spiro atoms. The third-order valence-electron chi connectivity index (χ3n) is 4.50. The van der Waals surface area contributed by atoms with Crippen molar-refractivity contribution in [2.45, 2.75) is 37.7 Å². The smallest absolute Gasteiger partial charge is 0.262 e. The highest BCUT2D eigenvalue weighted by Crippen LogP contribution is 2.23. The number of nitrogens with zero attached hydrogens (tertiary/aromatic N) is 4. The highest BCUT2D eigenvalue weighted by atomic mass is 32.2. The number of fused-ring (bicyclic) bond motifs is 2. The molecule has 0 bridgehead atoms. The van der Waals surface area contributed by atoms with Gasteiger partial charge in [-0.15, -0.1) is 0 Å². The van der Waals surface area contributed by atoms with Gasteiger partial charge in [-0.05, 0) is 44.5 Å². The first-order valence-electron chi connectivity index (χ1n) is 9.07. The van der Waals surface area contributed by atoms with Crippen molar-refractivity contribution in [3.8, 4) is 0 Å². The van der Waals surface area contributed by atoms with Crippen molar-refractivity contribution in [3.63, 3.8) is 0 Å². The maximum absolute atomic E-state index is 12.9. The first-order valence-corrected chi connectivity index (χ1v) is 10.1. The number of aromatic nitrogens is 4. The lowest BCUT2D eigenvalue weighted by atomic mass is 10.2. The van der Waals surface area contributed by atoms with E-state index in [1.807, 2.05) is 51.1 Å². The second-order valence-corrected chi connectivity index (χ2v) is 7.93. The van der Waals surface area contributed by atoms with Gasteiger partial charge in [0.05, 0.1) is 16.6 Å². The van der Waals surface area contributed by atoms with Crippen molar-refractivity contribution in [3.05, 3.63) is 80.6 Å². The van der Waals surface area contributed by atoms with Gasteiger partial charge < -0.3 is 0 Å². The fourth-order valence-corrected chi connectivity index (χ4v) is 4.17. The van der Waals surface area contributed by atoms with Crippen molar-refractivity contribution in [2.75, 3.05) is 0 Å². The Morgan fingerprint density at radius 2 is 1.86 bits per heavy atom. The van der Waals surface area contributed by atoms with Crippen LogP contribution >= 0.6 is 11.8 Å². The molecule has 0 aliphatic heterocycles. The first kappa shape index (κ1) is 18.4. The van der Waals surface area contributed by atoms with Crippen molar-refractivity contribution in [1.29, 1.82) is 0 Å². The van der Waals surface area contributed by atoms with E-state index < -0.39 is 0 Å². The zero-order valence-corrected chi connectivity index (χ0v) is 16.7. The second-order valence-electron chi connectivity index (χ2n) is 6.99. The highest BCUT2D eigenvalue weighted by molar-refractivity contribution is 7.98. The summed E-state index contributed by atoms with van der Waals surface area (Å²) in [6.45, 7) is 5.86. The summed E-state index contributed by atoms with van der Waals surface area (Å²) in [5.74, 6) is 0.455. The van der Waals surface area contributed by atoms with Gasteiger partial charge in [-0.3, -0.25) is 18.6 Å². The van der Waals surface area contributed by atoms with Crippen LogP contribution in [0.25, 0.3) is 16.6 Å². The van der Waals surface area contributed by atoms with Crippen LogP contribution in [0.3, 0.4) is 0 Å². The summed E-state index contributed by atoms with van der Waals surface area (Å²) >= 11 is 1.42. The van der Waals surface area contributed by atoms with E-state index in [9.17, 15) is 9.59 Å². The zero-order valence-electron chi connectivity index (χ0n) is 15.9. The molecule has 28 heavy (non-hydrogen) atoms. The fraction of sp³-hybridized carbons (Fsp3) is 0.238. The first-order chi connectivity index (χ1) is 13.4. The molecule has 0 amide bonds. The predicted octanol–water partition coefficient (Wildman–Crippen LogP) is 3.59. The molecule has 0 saturated heterocycles. The van der Waals surface area contributed by atoms with Gasteiger partial charge in [0, 0.05) is 24.1 Å². The quantitative estimate of drug-likeness (QED) is 0.392. The van der Waals surface area contributed by atoms with E-state index in [2.05, 4.69) is 9.97 Å². The zero-order chi connectivity index (χ0) is 19.8. The Morgan fingerprint density at radius 1 is 1.07 bits per heavy atom. The van der Waals surface area contributed by atoms with Gasteiger partial charge in [-0.25, -0.2) is 9.97 Å². The number of benzene rings is 1. The van der Waals surface area contributed by atoms with Crippen LogP contribution < -0.4 is 11.1 Å². The Bertz CT molecular complexity index is 1310. The Balaban J connectivity index is 1.74. The van der Waals surface area contributed by atoms with Crippen LogP contribution in [0.4, 0.5) is 0 Å². The fourth-order valence-electron chi connectivity index (χ4n) is 3.15. The van der Waals surface area contributed by atoms with Crippen molar-refractivity contribution in [2.24, 2.45) is 0 Å². The molecule has 4 rings (SSSR count). The van der Waals surface area contributed by atoms with E-state index in [1.54, 1.807) is 21.2 Å². The maximum atomic E-state index is 12.9. The molecule has 0 saturated carbocycles. The summed E-state index contributed by atoms with van der Waals surface area (Å²) < 4.78 is 3.24. The lowest BCUT2D eigenvalue weighted by Crippen LogP contribution is -2.25. The molecule has 4 aromatic rings. The molecule has 0 aliphatic rings. The van der Waals surface area contributed by atoms with Gasteiger partial charge in [0.25, 0.3) is 11.1 Å². The van der Waals surface area contributed by atoms with Crippen LogP contribution in [-0.2, 0) is 5.75 Å². The average molecular weight is 392 g/mol. The summed E-state index contributed by atoms with van der Waals surface area (Å²) in [5.41, 5.74) is 2.79. The molecule has 3 heterocycles. The average Bonchev–Trinajstić information content (AvgIpc) is 2.66. The van der Waals surface area contributed by atoms with Crippen LogP contribution in [0, 0.1) is 6.92 Å². The molecular formula is C21H20N4O2S. The Morgan fingerprint density at radius 3 is 2.64 bits per heavy atom.